The molecule has 0 atom stereocenters. The van der Waals surface area contributed by atoms with Crippen LogP contribution < -0.4 is 0 Å². The summed E-state index contributed by atoms with van der Waals surface area (Å²) in [5, 5.41) is 5.66. The van der Waals surface area contributed by atoms with Crippen LogP contribution in [0.25, 0.3) is 22.4 Å². The Hall–Kier alpha value is -1.94. The molecule has 0 N–H and O–H groups in total. The van der Waals surface area contributed by atoms with Gasteiger partial charge in [-0.3, -0.25) is 4.98 Å². The molecule has 0 aliphatic rings. The van der Waals surface area contributed by atoms with E-state index < -0.39 is 0 Å². The number of hydrogen-bond acceptors (Lipinski definition) is 4. The molecule has 16 heavy (non-hydrogen) atoms. The van der Waals surface area contributed by atoms with Crippen LogP contribution in [-0.2, 0) is 0 Å². The minimum absolute atomic E-state index is 0.0877. The monoisotopic (exact) mass is 231 g/mol. The van der Waals surface area contributed by atoms with Gasteiger partial charge in [0.1, 0.15) is 5.69 Å². The predicted octanol–water partition coefficient (Wildman–Crippen LogP) is 2.94. The number of pyridine rings is 1. The van der Waals surface area contributed by atoms with Crippen LogP contribution >= 0.6 is 11.6 Å². The lowest BCUT2D eigenvalue weighted by Gasteiger charge is -1.99. The van der Waals surface area contributed by atoms with E-state index in [-0.39, 0.29) is 5.28 Å². The van der Waals surface area contributed by atoms with Crippen LogP contribution in [0.1, 0.15) is 0 Å². The molecule has 2 heterocycles. The van der Waals surface area contributed by atoms with Gasteiger partial charge in [0, 0.05) is 11.6 Å². The summed E-state index contributed by atoms with van der Waals surface area (Å²) in [5.41, 5.74) is 0.650. The van der Waals surface area contributed by atoms with Crippen LogP contribution in [0.3, 0.4) is 0 Å². The van der Waals surface area contributed by atoms with E-state index in [4.69, 9.17) is 16.1 Å². The first-order valence-corrected chi connectivity index (χ1v) is 5.06. The molecule has 0 aliphatic carbocycles. The molecule has 0 unspecified atom stereocenters. The summed E-state index contributed by atoms with van der Waals surface area (Å²) in [6.07, 6.45) is 1.70. The lowest BCUT2D eigenvalue weighted by molar-refractivity contribution is 0.429. The van der Waals surface area contributed by atoms with Crippen molar-refractivity contribution in [3.63, 3.8) is 0 Å². The predicted molar refractivity (Wildman–Crippen MR) is 60.0 cm³/mol. The van der Waals surface area contributed by atoms with Crippen molar-refractivity contribution < 1.29 is 4.52 Å². The Morgan fingerprint density at radius 3 is 2.81 bits per heavy atom. The molecule has 0 fully saturated rings. The van der Waals surface area contributed by atoms with E-state index in [9.17, 15) is 0 Å². The molecular weight excluding hydrogens is 226 g/mol. The van der Waals surface area contributed by atoms with Crippen LogP contribution in [0, 0.1) is 0 Å². The maximum Gasteiger partial charge on any atom is 0.278 e. The Balaban J connectivity index is 2.31. The number of hydrogen-bond donors (Lipinski definition) is 0. The SMILES string of the molecule is Clc1noc(-c2nccc3ccccc23)n1. The van der Waals surface area contributed by atoms with Gasteiger partial charge in [-0.15, -0.1) is 0 Å². The van der Waals surface area contributed by atoms with Crippen molar-refractivity contribution in [2.45, 2.75) is 0 Å². The average Bonchev–Trinajstić information content (AvgIpc) is 2.75. The first-order valence-electron chi connectivity index (χ1n) is 4.68. The molecule has 5 heteroatoms. The van der Waals surface area contributed by atoms with E-state index in [0.717, 1.165) is 10.8 Å². The van der Waals surface area contributed by atoms with E-state index in [1.165, 1.54) is 0 Å². The highest BCUT2D eigenvalue weighted by atomic mass is 35.5. The van der Waals surface area contributed by atoms with E-state index in [0.29, 0.717) is 11.6 Å². The molecule has 0 bridgehead atoms. The van der Waals surface area contributed by atoms with Gasteiger partial charge in [-0.25, -0.2) is 0 Å². The van der Waals surface area contributed by atoms with Gasteiger partial charge in [-0.2, -0.15) is 4.98 Å². The maximum absolute atomic E-state index is 5.62. The third-order valence-corrected chi connectivity index (χ3v) is 2.43. The molecule has 0 spiro atoms. The number of benzene rings is 1. The Labute approximate surface area is 95.9 Å². The summed E-state index contributed by atoms with van der Waals surface area (Å²) in [7, 11) is 0. The molecular formula is C11H6ClN3O. The van der Waals surface area contributed by atoms with E-state index in [1.54, 1.807) is 6.20 Å². The number of fused-ring (bicyclic) bond motifs is 1. The molecule has 78 valence electrons. The van der Waals surface area contributed by atoms with Gasteiger partial charge in [-0.1, -0.05) is 24.3 Å². The summed E-state index contributed by atoms with van der Waals surface area (Å²) in [6, 6.07) is 9.78. The summed E-state index contributed by atoms with van der Waals surface area (Å²) in [4.78, 5) is 8.19. The zero-order valence-corrected chi connectivity index (χ0v) is 8.85. The fraction of sp³-hybridized carbons (Fsp3) is 0. The number of nitrogens with zero attached hydrogens (tertiary/aromatic N) is 3. The first-order chi connectivity index (χ1) is 7.84. The van der Waals surface area contributed by atoms with Crippen molar-refractivity contribution in [1.29, 1.82) is 0 Å². The Morgan fingerprint density at radius 1 is 1.12 bits per heavy atom. The summed E-state index contributed by atoms with van der Waals surface area (Å²) >= 11 is 5.62. The molecule has 1 aromatic carbocycles. The number of aromatic nitrogens is 3. The highest BCUT2D eigenvalue weighted by Gasteiger charge is 2.11. The second-order valence-electron chi connectivity index (χ2n) is 3.25. The zero-order valence-electron chi connectivity index (χ0n) is 8.09. The molecule has 0 aliphatic heterocycles. The smallest absolute Gasteiger partial charge is 0.278 e. The standard InChI is InChI=1S/C11H6ClN3O/c12-11-14-10(16-15-11)9-8-4-2-1-3-7(8)5-6-13-9/h1-6H. The quantitative estimate of drug-likeness (QED) is 0.646. The van der Waals surface area contributed by atoms with Crippen LogP contribution in [0.4, 0.5) is 0 Å². The third-order valence-electron chi connectivity index (χ3n) is 2.28. The van der Waals surface area contributed by atoms with Gasteiger partial charge in [0.05, 0.1) is 0 Å². The highest BCUT2D eigenvalue weighted by molar-refractivity contribution is 6.28. The van der Waals surface area contributed by atoms with Gasteiger partial charge in [0.25, 0.3) is 11.2 Å². The van der Waals surface area contributed by atoms with Crippen molar-refractivity contribution in [2.75, 3.05) is 0 Å². The van der Waals surface area contributed by atoms with Crippen molar-refractivity contribution in [3.8, 4) is 11.6 Å². The molecule has 0 saturated heterocycles. The van der Waals surface area contributed by atoms with E-state index in [2.05, 4.69) is 15.1 Å². The molecule has 3 rings (SSSR count). The third kappa shape index (κ3) is 1.44. The van der Waals surface area contributed by atoms with Crippen molar-refractivity contribution in [3.05, 3.63) is 41.8 Å². The summed E-state index contributed by atoms with van der Waals surface area (Å²) < 4.78 is 5.00. The lowest BCUT2D eigenvalue weighted by Crippen LogP contribution is -1.85. The molecule has 0 amide bonds. The Bertz CT molecular complexity index is 645. The van der Waals surface area contributed by atoms with Crippen LogP contribution in [-0.4, -0.2) is 15.1 Å². The van der Waals surface area contributed by atoms with Gasteiger partial charge in [-0.05, 0) is 28.2 Å². The molecule has 2 aromatic heterocycles. The zero-order chi connectivity index (χ0) is 11.0. The average molecular weight is 232 g/mol. The molecule has 0 saturated carbocycles. The molecule has 4 nitrogen and oxygen atoms in total. The van der Waals surface area contributed by atoms with Gasteiger partial charge >= 0.3 is 0 Å². The highest BCUT2D eigenvalue weighted by Crippen LogP contribution is 2.25. The van der Waals surface area contributed by atoms with Crippen LogP contribution in [0.2, 0.25) is 5.28 Å². The Morgan fingerprint density at radius 2 is 2.00 bits per heavy atom. The van der Waals surface area contributed by atoms with Crippen LogP contribution in [0.5, 0.6) is 0 Å². The fourth-order valence-electron chi connectivity index (χ4n) is 1.59. The Kier molecular flexibility index (Phi) is 2.08. The summed E-state index contributed by atoms with van der Waals surface area (Å²) in [5.74, 6) is 0.335. The number of rotatable bonds is 1. The maximum atomic E-state index is 5.62. The lowest BCUT2D eigenvalue weighted by atomic mass is 10.1. The fourth-order valence-corrected chi connectivity index (χ4v) is 1.70. The van der Waals surface area contributed by atoms with Gasteiger partial charge in [0.2, 0.25) is 0 Å². The van der Waals surface area contributed by atoms with E-state index in [1.807, 2.05) is 30.3 Å². The minimum atomic E-state index is 0.0877. The second kappa shape index (κ2) is 3.57. The first kappa shape index (κ1) is 9.30. The van der Waals surface area contributed by atoms with Gasteiger partial charge < -0.3 is 4.52 Å². The topological polar surface area (TPSA) is 51.8 Å². The normalized spacial score (nSPS) is 10.8. The molecule has 3 aromatic rings. The largest absolute Gasteiger partial charge is 0.331 e. The van der Waals surface area contributed by atoms with Crippen molar-refractivity contribution >= 4 is 22.4 Å². The van der Waals surface area contributed by atoms with Crippen LogP contribution in [0.15, 0.2) is 41.1 Å². The minimum Gasteiger partial charge on any atom is -0.331 e. The summed E-state index contributed by atoms with van der Waals surface area (Å²) in [6.45, 7) is 0. The molecule has 0 radical (unpaired) electrons. The van der Waals surface area contributed by atoms with E-state index >= 15 is 0 Å². The van der Waals surface area contributed by atoms with Gasteiger partial charge in [0.15, 0.2) is 0 Å². The van der Waals surface area contributed by atoms with Crippen molar-refractivity contribution in [1.82, 2.24) is 15.1 Å². The van der Waals surface area contributed by atoms with Crippen molar-refractivity contribution in [2.24, 2.45) is 0 Å². The second-order valence-corrected chi connectivity index (χ2v) is 3.59. The number of halogens is 1.